The van der Waals surface area contributed by atoms with Crippen molar-refractivity contribution in [3.8, 4) is 0 Å². The molecule has 0 amide bonds. The lowest BCUT2D eigenvalue weighted by molar-refractivity contribution is -0.169. The van der Waals surface area contributed by atoms with Gasteiger partial charge in [0.2, 0.25) is 0 Å². The monoisotopic (exact) mass is 252 g/mol. The maximum absolute atomic E-state index is 11.0. The van der Waals surface area contributed by atoms with Gasteiger partial charge in [0.15, 0.2) is 0 Å². The summed E-state index contributed by atoms with van der Waals surface area (Å²) in [6.45, 7) is 8.99. The fourth-order valence-electron chi connectivity index (χ4n) is 5.24. The second kappa shape index (κ2) is 4.33. The standard InChI is InChI=1S/C16H28O2/c1-14(2)8-5-9-15(3)12(14)6-10-16(4,18)13(15)7-11-17/h11-13,18H,5-10H2,1-4H3/t12?,13?,15-,16+/m0/s1. The van der Waals surface area contributed by atoms with Crippen molar-refractivity contribution in [1.82, 2.24) is 0 Å². The topological polar surface area (TPSA) is 37.3 Å². The van der Waals surface area contributed by atoms with Crippen molar-refractivity contribution in [2.75, 3.05) is 0 Å². The van der Waals surface area contributed by atoms with E-state index in [4.69, 9.17) is 0 Å². The average Bonchev–Trinajstić information content (AvgIpc) is 2.22. The molecule has 0 aromatic carbocycles. The Morgan fingerprint density at radius 2 is 1.83 bits per heavy atom. The SMILES string of the molecule is CC1(C)CCC[C@@]2(C)C1CC[C@@](C)(O)C2CC=O. The minimum Gasteiger partial charge on any atom is -0.390 e. The lowest BCUT2D eigenvalue weighted by atomic mass is 9.45. The first kappa shape index (κ1) is 14.0. The van der Waals surface area contributed by atoms with Crippen LogP contribution < -0.4 is 0 Å². The van der Waals surface area contributed by atoms with Gasteiger partial charge in [-0.1, -0.05) is 27.2 Å². The highest BCUT2D eigenvalue weighted by molar-refractivity contribution is 5.50. The number of aldehydes is 1. The molecule has 0 aromatic heterocycles. The fourth-order valence-corrected chi connectivity index (χ4v) is 5.24. The van der Waals surface area contributed by atoms with Gasteiger partial charge in [-0.3, -0.25) is 0 Å². The molecule has 0 aromatic rings. The summed E-state index contributed by atoms with van der Waals surface area (Å²) in [4.78, 5) is 11.0. The highest BCUT2D eigenvalue weighted by Gasteiger charge is 2.57. The van der Waals surface area contributed by atoms with Crippen LogP contribution in [0.4, 0.5) is 0 Å². The van der Waals surface area contributed by atoms with Crippen molar-refractivity contribution in [3.63, 3.8) is 0 Å². The molecule has 0 aliphatic heterocycles. The predicted octanol–water partition coefficient (Wildman–Crippen LogP) is 3.57. The molecular formula is C16H28O2. The van der Waals surface area contributed by atoms with E-state index in [1.165, 1.54) is 12.8 Å². The molecule has 0 spiro atoms. The maximum Gasteiger partial charge on any atom is 0.120 e. The molecule has 104 valence electrons. The van der Waals surface area contributed by atoms with Crippen molar-refractivity contribution in [2.45, 2.75) is 71.8 Å². The smallest absolute Gasteiger partial charge is 0.120 e. The normalized spacial score (nSPS) is 47.4. The average molecular weight is 252 g/mol. The summed E-state index contributed by atoms with van der Waals surface area (Å²) < 4.78 is 0. The van der Waals surface area contributed by atoms with E-state index in [2.05, 4.69) is 20.8 Å². The Bertz CT molecular complexity index is 332. The summed E-state index contributed by atoms with van der Waals surface area (Å²) in [6.07, 6.45) is 7.13. The number of rotatable bonds is 2. The fraction of sp³-hybridized carbons (Fsp3) is 0.938. The lowest BCUT2D eigenvalue weighted by Gasteiger charge is -2.61. The molecule has 18 heavy (non-hydrogen) atoms. The molecule has 2 aliphatic rings. The Morgan fingerprint density at radius 1 is 1.17 bits per heavy atom. The van der Waals surface area contributed by atoms with Gasteiger partial charge in [-0.05, 0) is 55.3 Å². The number of carbonyl (C=O) groups excluding carboxylic acids is 1. The van der Waals surface area contributed by atoms with Crippen molar-refractivity contribution in [3.05, 3.63) is 0 Å². The zero-order valence-electron chi connectivity index (χ0n) is 12.3. The molecule has 2 fully saturated rings. The summed E-state index contributed by atoms with van der Waals surface area (Å²) in [5.74, 6) is 0.768. The van der Waals surface area contributed by atoms with Gasteiger partial charge in [-0.25, -0.2) is 0 Å². The van der Waals surface area contributed by atoms with E-state index in [9.17, 15) is 9.90 Å². The third-order valence-corrected chi connectivity index (χ3v) is 6.09. The Hall–Kier alpha value is -0.370. The van der Waals surface area contributed by atoms with Crippen LogP contribution in [0.2, 0.25) is 0 Å². The van der Waals surface area contributed by atoms with Crippen LogP contribution in [-0.4, -0.2) is 17.0 Å². The summed E-state index contributed by atoms with van der Waals surface area (Å²) in [7, 11) is 0. The zero-order valence-corrected chi connectivity index (χ0v) is 12.3. The minimum atomic E-state index is -0.667. The Balaban J connectivity index is 2.38. The van der Waals surface area contributed by atoms with E-state index >= 15 is 0 Å². The number of carbonyl (C=O) groups is 1. The number of hydrogen-bond donors (Lipinski definition) is 1. The van der Waals surface area contributed by atoms with Gasteiger partial charge in [0.1, 0.15) is 6.29 Å². The van der Waals surface area contributed by atoms with E-state index < -0.39 is 5.60 Å². The number of hydrogen-bond acceptors (Lipinski definition) is 2. The highest BCUT2D eigenvalue weighted by atomic mass is 16.3. The Morgan fingerprint density at radius 3 is 2.44 bits per heavy atom. The van der Waals surface area contributed by atoms with Gasteiger partial charge in [-0.2, -0.15) is 0 Å². The second-order valence-electron chi connectivity index (χ2n) is 7.75. The van der Waals surface area contributed by atoms with Gasteiger partial charge < -0.3 is 9.90 Å². The second-order valence-corrected chi connectivity index (χ2v) is 7.75. The molecule has 0 radical (unpaired) electrons. The summed E-state index contributed by atoms with van der Waals surface area (Å²) in [5, 5.41) is 10.7. The Labute approximate surface area is 111 Å². The first-order chi connectivity index (χ1) is 8.24. The molecule has 0 saturated heterocycles. The van der Waals surface area contributed by atoms with Crippen LogP contribution in [0.15, 0.2) is 0 Å². The first-order valence-corrected chi connectivity index (χ1v) is 7.40. The van der Waals surface area contributed by atoms with Crippen LogP contribution in [0, 0.1) is 22.7 Å². The lowest BCUT2D eigenvalue weighted by Crippen LogP contribution is -2.57. The largest absolute Gasteiger partial charge is 0.390 e. The third-order valence-electron chi connectivity index (χ3n) is 6.09. The molecule has 1 N–H and O–H groups in total. The Kier molecular flexibility index (Phi) is 3.38. The molecule has 2 nitrogen and oxygen atoms in total. The highest BCUT2D eigenvalue weighted by Crippen LogP contribution is 2.62. The molecule has 2 rings (SSSR count). The quantitative estimate of drug-likeness (QED) is 0.763. The van der Waals surface area contributed by atoms with Gasteiger partial charge in [0.25, 0.3) is 0 Å². The summed E-state index contributed by atoms with van der Waals surface area (Å²) in [5.41, 5.74) is -0.186. The van der Waals surface area contributed by atoms with E-state index in [-0.39, 0.29) is 11.3 Å². The van der Waals surface area contributed by atoms with E-state index in [1.807, 2.05) is 6.92 Å². The van der Waals surface area contributed by atoms with Crippen LogP contribution in [0.5, 0.6) is 0 Å². The van der Waals surface area contributed by atoms with E-state index in [0.717, 1.165) is 25.5 Å². The van der Waals surface area contributed by atoms with Gasteiger partial charge in [0, 0.05) is 6.42 Å². The summed E-state index contributed by atoms with van der Waals surface area (Å²) >= 11 is 0. The minimum absolute atomic E-state index is 0.126. The molecule has 2 unspecified atom stereocenters. The molecule has 4 atom stereocenters. The van der Waals surface area contributed by atoms with E-state index in [1.54, 1.807) is 0 Å². The molecule has 2 aliphatic carbocycles. The molecule has 0 heterocycles. The zero-order chi connectivity index (χ0) is 13.6. The van der Waals surface area contributed by atoms with E-state index in [0.29, 0.717) is 17.8 Å². The van der Waals surface area contributed by atoms with Crippen molar-refractivity contribution < 1.29 is 9.90 Å². The molecule has 2 heteroatoms. The number of fused-ring (bicyclic) bond motifs is 1. The third kappa shape index (κ3) is 2.03. The molecule has 2 saturated carbocycles. The maximum atomic E-state index is 11.0. The molecule has 0 bridgehead atoms. The van der Waals surface area contributed by atoms with Gasteiger partial charge >= 0.3 is 0 Å². The first-order valence-electron chi connectivity index (χ1n) is 7.40. The van der Waals surface area contributed by atoms with Crippen molar-refractivity contribution in [2.24, 2.45) is 22.7 Å². The van der Waals surface area contributed by atoms with Crippen molar-refractivity contribution >= 4 is 6.29 Å². The van der Waals surface area contributed by atoms with Crippen LogP contribution in [-0.2, 0) is 4.79 Å². The van der Waals surface area contributed by atoms with Crippen molar-refractivity contribution in [1.29, 1.82) is 0 Å². The number of aliphatic hydroxyl groups is 1. The van der Waals surface area contributed by atoms with Crippen LogP contribution >= 0.6 is 0 Å². The van der Waals surface area contributed by atoms with Gasteiger partial charge in [0.05, 0.1) is 5.60 Å². The van der Waals surface area contributed by atoms with Gasteiger partial charge in [-0.15, -0.1) is 0 Å². The van der Waals surface area contributed by atoms with Crippen LogP contribution in [0.3, 0.4) is 0 Å². The van der Waals surface area contributed by atoms with Crippen LogP contribution in [0.25, 0.3) is 0 Å². The predicted molar refractivity (Wildman–Crippen MR) is 73.3 cm³/mol. The van der Waals surface area contributed by atoms with Crippen LogP contribution in [0.1, 0.15) is 66.2 Å². The molecular weight excluding hydrogens is 224 g/mol. The summed E-state index contributed by atoms with van der Waals surface area (Å²) in [6, 6.07) is 0.